The number of benzene rings is 6. The first kappa shape index (κ1) is 44.3. The van der Waals surface area contributed by atoms with Gasteiger partial charge in [-0.1, -0.05) is 164 Å². The first-order valence-electron chi connectivity index (χ1n) is 24.8. The average molecular weight is 1090 g/mol. The minimum Gasteiger partial charge on any atom is -0.501 e. The van der Waals surface area contributed by atoms with Gasteiger partial charge in [0.2, 0.25) is 0 Å². The summed E-state index contributed by atoms with van der Waals surface area (Å²) in [7, 11) is -1.63. The molecule has 10 aromatic rings. The van der Waals surface area contributed by atoms with Crippen molar-refractivity contribution in [1.82, 2.24) is 19.5 Å². The zero-order valence-corrected chi connectivity index (χ0v) is 44.0. The maximum atomic E-state index is 7.56. The molecule has 0 saturated carbocycles. The topological polar surface area (TPSA) is 56.7 Å². The summed E-state index contributed by atoms with van der Waals surface area (Å²) in [4.78, 5) is 14.8. The number of furan rings is 1. The van der Waals surface area contributed by atoms with Gasteiger partial charge in [0.05, 0.1) is 25.0 Å². The largest absolute Gasteiger partial charge is 0.501 e. The summed E-state index contributed by atoms with van der Waals surface area (Å²) >= 11 is 0. The van der Waals surface area contributed by atoms with E-state index in [4.69, 9.17) is 23.5 Å². The Labute approximate surface area is 421 Å². The molecule has 6 aromatic carbocycles. The van der Waals surface area contributed by atoms with Gasteiger partial charge in [0.15, 0.2) is 5.65 Å². The van der Waals surface area contributed by atoms with Crippen molar-refractivity contribution in [2.45, 2.75) is 92.2 Å². The van der Waals surface area contributed by atoms with Crippen molar-refractivity contribution in [2.24, 2.45) is 0 Å². The van der Waals surface area contributed by atoms with E-state index >= 15 is 0 Å². The second-order valence-electron chi connectivity index (χ2n) is 19.8. The van der Waals surface area contributed by atoms with Crippen LogP contribution in [0.25, 0.3) is 72.6 Å². The van der Waals surface area contributed by atoms with Gasteiger partial charge in [-0.15, -0.1) is 53.6 Å². The molecule has 7 heteroatoms. The van der Waals surface area contributed by atoms with Crippen LogP contribution in [-0.2, 0) is 25.5 Å². The van der Waals surface area contributed by atoms with Crippen molar-refractivity contribution in [1.29, 1.82) is 0 Å². The van der Waals surface area contributed by atoms with E-state index in [1.54, 1.807) is 18.2 Å². The summed E-state index contributed by atoms with van der Waals surface area (Å²) in [5.74, 6) is 1.35. The number of imidazole rings is 1. The molecule has 1 radical (unpaired) electrons. The zero-order valence-electron chi connectivity index (χ0n) is 43.6. The van der Waals surface area contributed by atoms with E-state index in [9.17, 15) is 0 Å². The molecule has 0 spiro atoms. The fourth-order valence-electron chi connectivity index (χ4n) is 9.24. The Kier molecular flexibility index (Phi) is 12.6. The molecule has 4 aromatic heterocycles. The van der Waals surface area contributed by atoms with Gasteiger partial charge in [0.1, 0.15) is 5.58 Å². The molecule has 0 saturated heterocycles. The maximum absolute atomic E-state index is 7.56. The Morgan fingerprint density at radius 2 is 1.40 bits per heavy atom. The molecule has 0 fully saturated rings. The number of nitrogens with zero attached hydrogens (tertiary/aromatic N) is 4. The second kappa shape index (κ2) is 19.4. The van der Waals surface area contributed by atoms with E-state index in [0.29, 0.717) is 5.56 Å². The quantitative estimate of drug-likeness (QED) is 0.107. The molecule has 0 amide bonds. The van der Waals surface area contributed by atoms with Gasteiger partial charge < -0.3 is 14.0 Å². The first-order chi connectivity index (χ1) is 33.3. The number of hydrogen-bond donors (Lipinski definition) is 0. The third-order valence-corrected chi connectivity index (χ3v) is 14.9. The van der Waals surface area contributed by atoms with Gasteiger partial charge in [-0.2, -0.15) is 0 Å². The van der Waals surface area contributed by atoms with E-state index < -0.39 is 14.9 Å². The molecule has 5 nitrogen and oxygen atoms in total. The van der Waals surface area contributed by atoms with Crippen molar-refractivity contribution < 1.29 is 28.6 Å². The number of rotatable bonds is 9. The molecule has 0 unspecified atom stereocenters. The maximum Gasteiger partial charge on any atom is 0.168 e. The van der Waals surface area contributed by atoms with E-state index in [1.165, 1.54) is 44.3 Å². The van der Waals surface area contributed by atoms with Gasteiger partial charge >= 0.3 is 0 Å². The number of aryl methyl sites for hydroxylation is 2. The Morgan fingerprint density at radius 3 is 2.04 bits per heavy atom. The Balaban J connectivity index is 0.000000200. The Morgan fingerprint density at radius 1 is 0.721 bits per heavy atom. The summed E-state index contributed by atoms with van der Waals surface area (Å²) < 4.78 is 31.5. The minimum atomic E-state index is -2.12. The molecule has 0 aliphatic carbocycles. The molecular formula is C61H60IrN4OSi-2. The van der Waals surface area contributed by atoms with E-state index in [2.05, 4.69) is 175 Å². The van der Waals surface area contributed by atoms with Crippen LogP contribution < -0.4 is 5.19 Å². The van der Waals surface area contributed by atoms with Crippen molar-refractivity contribution in [2.75, 3.05) is 0 Å². The van der Waals surface area contributed by atoms with Crippen LogP contribution in [0.15, 0.2) is 156 Å². The molecule has 4 heterocycles. The molecule has 0 bridgehead atoms. The third-order valence-electron chi connectivity index (χ3n) is 12.9. The van der Waals surface area contributed by atoms with Gasteiger partial charge in [0, 0.05) is 52.6 Å². The summed E-state index contributed by atoms with van der Waals surface area (Å²) in [6.07, 6.45) is 2.02. The van der Waals surface area contributed by atoms with E-state index in [-0.39, 0.29) is 37.4 Å². The van der Waals surface area contributed by atoms with E-state index in [1.807, 2.05) is 43.5 Å². The normalized spacial score (nSPS) is 12.7. The zero-order chi connectivity index (χ0) is 49.7. The van der Waals surface area contributed by atoms with Crippen LogP contribution in [-0.4, -0.2) is 27.6 Å². The smallest absolute Gasteiger partial charge is 0.168 e. The van der Waals surface area contributed by atoms with Crippen LogP contribution in [0.3, 0.4) is 0 Å². The fraction of sp³-hybridized carbons (Fsp3) is 0.230. The van der Waals surface area contributed by atoms with Crippen molar-refractivity contribution in [3.05, 3.63) is 197 Å². The number of hydrogen-bond acceptors (Lipinski definition) is 4. The Hall–Kier alpha value is -6.24. The molecule has 345 valence electrons. The summed E-state index contributed by atoms with van der Waals surface area (Å²) in [5.41, 5.74) is 15.6. The molecule has 0 aliphatic rings. The van der Waals surface area contributed by atoms with E-state index in [0.717, 1.165) is 61.4 Å². The van der Waals surface area contributed by atoms with Gasteiger partial charge in [-0.25, -0.2) is 4.98 Å². The molecule has 0 atom stereocenters. The number of para-hydroxylation sites is 1. The average Bonchev–Trinajstić information content (AvgIpc) is 3.92. The predicted octanol–water partition coefficient (Wildman–Crippen LogP) is 15.7. The third kappa shape index (κ3) is 9.32. The monoisotopic (exact) mass is 1090 g/mol. The summed E-state index contributed by atoms with van der Waals surface area (Å²) in [6.45, 7) is 20.5. The predicted molar refractivity (Wildman–Crippen MR) is 284 cm³/mol. The minimum absolute atomic E-state index is 0. The molecule has 0 aliphatic heterocycles. The van der Waals surface area contributed by atoms with Gasteiger partial charge in [-0.3, -0.25) is 4.98 Å². The Bertz CT molecular complexity index is 3470. The molecular weight excluding hydrogens is 1030 g/mol. The van der Waals surface area contributed by atoms with Crippen LogP contribution >= 0.6 is 0 Å². The van der Waals surface area contributed by atoms with Gasteiger partial charge in [-0.05, 0) is 93.4 Å². The van der Waals surface area contributed by atoms with Crippen molar-refractivity contribution in [3.8, 4) is 39.5 Å². The van der Waals surface area contributed by atoms with Crippen molar-refractivity contribution >= 4 is 46.4 Å². The summed E-state index contributed by atoms with van der Waals surface area (Å²) in [5, 5.41) is 3.49. The summed E-state index contributed by atoms with van der Waals surface area (Å²) in [6, 6.07) is 56.1. The SMILES string of the molecule is Cc1ccc2c(n1)nc(-c1[c-]ccc3c1oc1ccccc13)n2-c1c(C(C)C)cc(-c2ccccc2)cc1C(C)C.[2H]C([2H])([2H])c1c[c-]c(-c2cc(C(C)(C)c3ccccc3)c([Si](C)(C)C)cn2)cc1.[Ir]. The number of aromatic nitrogens is 4. The second-order valence-corrected chi connectivity index (χ2v) is 24.8. The number of fused-ring (bicyclic) bond motifs is 4. The fourth-order valence-corrected chi connectivity index (χ4v) is 10.9. The van der Waals surface area contributed by atoms with Gasteiger partial charge in [0.25, 0.3) is 0 Å². The van der Waals surface area contributed by atoms with Crippen LogP contribution in [0.1, 0.15) is 91.0 Å². The van der Waals surface area contributed by atoms with Crippen LogP contribution in [0.5, 0.6) is 0 Å². The molecule has 10 rings (SSSR count). The molecule has 68 heavy (non-hydrogen) atoms. The molecule has 0 N–H and O–H groups in total. The van der Waals surface area contributed by atoms with Crippen LogP contribution in [0, 0.1) is 25.9 Å². The van der Waals surface area contributed by atoms with Crippen LogP contribution in [0.2, 0.25) is 19.6 Å². The van der Waals surface area contributed by atoms with Crippen LogP contribution in [0.4, 0.5) is 0 Å². The van der Waals surface area contributed by atoms with Crippen molar-refractivity contribution in [3.63, 3.8) is 0 Å². The standard InChI is InChI=1S/C37H32N3O.C24H28NSi.Ir/c1-22(2)30-20-26(25-12-7-6-8-13-25)21-31(23(3)4)34(30)40-32-19-18-24(5)38-36(32)39-37(40)29-16-11-15-28-27-14-9-10-17-33(27)41-35(28)29;1-18-12-14-19(15-13-18)22-16-21(23(17-25-22)26(4,5)6)24(2,3)20-10-8-7-9-11-20;/h6-15,17-23H,1-5H3;7-14,16-17H,1-6H3;/q2*-1;/i;1D3;. The number of pyridine rings is 2. The first-order valence-corrected chi connectivity index (χ1v) is 26.8.